The minimum Gasteiger partial charge on any atom is -0.486 e. The van der Waals surface area contributed by atoms with Crippen LogP contribution in [-0.2, 0) is 6.54 Å². The average molecular weight is 286 g/mol. The maximum absolute atomic E-state index is 5.77. The van der Waals surface area contributed by atoms with E-state index in [2.05, 4.69) is 29.8 Å². The summed E-state index contributed by atoms with van der Waals surface area (Å²) in [5.41, 5.74) is 8.06. The minimum atomic E-state index is 0.377. The van der Waals surface area contributed by atoms with Gasteiger partial charge in [-0.05, 0) is 33.5 Å². The number of hydrogen-bond donors (Lipinski definition) is 1. The summed E-state index contributed by atoms with van der Waals surface area (Å²) in [6, 6.07) is 2.03. The molecule has 0 saturated heterocycles. The Hall–Kier alpha value is -0.740. The van der Waals surface area contributed by atoms with Crippen LogP contribution in [0.4, 0.5) is 0 Å². The molecule has 0 radical (unpaired) electrons. The van der Waals surface area contributed by atoms with Gasteiger partial charge in [0.1, 0.15) is 13.2 Å². The fraction of sp³-hybridized carbons (Fsp3) is 0.500. The van der Waals surface area contributed by atoms with Gasteiger partial charge in [-0.2, -0.15) is 0 Å². The molecule has 1 aromatic carbocycles. The summed E-state index contributed by atoms with van der Waals surface area (Å²) >= 11 is 3.50. The zero-order valence-corrected chi connectivity index (χ0v) is 11.1. The molecule has 0 atom stereocenters. The molecule has 0 bridgehead atoms. The van der Waals surface area contributed by atoms with E-state index in [0.717, 1.165) is 21.5 Å². The van der Waals surface area contributed by atoms with Crippen LogP contribution in [0.2, 0.25) is 0 Å². The van der Waals surface area contributed by atoms with E-state index in [-0.39, 0.29) is 0 Å². The highest BCUT2D eigenvalue weighted by Crippen LogP contribution is 2.44. The topological polar surface area (TPSA) is 44.5 Å². The Balaban J connectivity index is 2.63. The van der Waals surface area contributed by atoms with Crippen LogP contribution in [0.25, 0.3) is 0 Å². The fourth-order valence-corrected chi connectivity index (χ4v) is 2.61. The van der Waals surface area contributed by atoms with Crippen LogP contribution in [0.15, 0.2) is 10.5 Å². The van der Waals surface area contributed by atoms with Crippen LogP contribution in [0.1, 0.15) is 30.9 Å². The largest absolute Gasteiger partial charge is 0.486 e. The highest BCUT2D eigenvalue weighted by molar-refractivity contribution is 9.10. The van der Waals surface area contributed by atoms with Crippen molar-refractivity contribution in [3.05, 3.63) is 21.7 Å². The van der Waals surface area contributed by atoms with Crippen molar-refractivity contribution in [3.8, 4) is 11.5 Å². The van der Waals surface area contributed by atoms with Gasteiger partial charge in [-0.15, -0.1) is 0 Å². The molecule has 4 heteroatoms. The lowest BCUT2D eigenvalue weighted by atomic mass is 9.95. The number of halogens is 1. The van der Waals surface area contributed by atoms with E-state index in [1.54, 1.807) is 0 Å². The summed E-state index contributed by atoms with van der Waals surface area (Å²) < 4.78 is 12.3. The second-order valence-corrected chi connectivity index (χ2v) is 5.00. The average Bonchev–Trinajstić information content (AvgIpc) is 2.28. The lowest BCUT2D eigenvalue weighted by Crippen LogP contribution is -2.19. The summed E-state index contributed by atoms with van der Waals surface area (Å²) in [5.74, 6) is 2.05. The number of benzene rings is 1. The Bertz CT molecular complexity index is 404. The van der Waals surface area contributed by atoms with Crippen molar-refractivity contribution in [1.29, 1.82) is 0 Å². The van der Waals surface area contributed by atoms with Gasteiger partial charge >= 0.3 is 0 Å². The third kappa shape index (κ3) is 1.92. The molecule has 0 saturated carbocycles. The van der Waals surface area contributed by atoms with Gasteiger partial charge in [0.2, 0.25) is 0 Å². The Morgan fingerprint density at radius 3 is 2.50 bits per heavy atom. The third-order valence-corrected chi connectivity index (χ3v) is 3.28. The number of hydrogen-bond acceptors (Lipinski definition) is 3. The minimum absolute atomic E-state index is 0.377. The fourth-order valence-electron chi connectivity index (χ4n) is 2.04. The summed E-state index contributed by atoms with van der Waals surface area (Å²) in [5, 5.41) is 0. The first-order valence-electron chi connectivity index (χ1n) is 5.46. The highest BCUT2D eigenvalue weighted by atomic mass is 79.9. The maximum Gasteiger partial charge on any atom is 0.175 e. The number of ether oxygens (including phenoxy) is 2. The number of fused-ring (bicyclic) bond motifs is 1. The molecule has 3 nitrogen and oxygen atoms in total. The van der Waals surface area contributed by atoms with Gasteiger partial charge in [0, 0.05) is 12.1 Å². The third-order valence-electron chi connectivity index (χ3n) is 2.69. The first kappa shape index (κ1) is 11.7. The van der Waals surface area contributed by atoms with Crippen LogP contribution < -0.4 is 15.2 Å². The molecule has 0 unspecified atom stereocenters. The SMILES string of the molecule is CC(C)c1c(CN)cc(Br)c2c1OCCO2. The summed E-state index contributed by atoms with van der Waals surface area (Å²) in [6.45, 7) is 6.00. The van der Waals surface area contributed by atoms with E-state index >= 15 is 0 Å². The molecule has 1 aliphatic heterocycles. The van der Waals surface area contributed by atoms with Gasteiger partial charge in [0.25, 0.3) is 0 Å². The Morgan fingerprint density at radius 2 is 1.94 bits per heavy atom. The lowest BCUT2D eigenvalue weighted by Gasteiger charge is -2.25. The summed E-state index contributed by atoms with van der Waals surface area (Å²) in [7, 11) is 0. The standard InChI is InChI=1S/C12H16BrNO2/c1-7(2)10-8(6-14)5-9(13)11-12(10)16-4-3-15-11/h5,7H,3-4,6,14H2,1-2H3. The van der Waals surface area contributed by atoms with Crippen molar-refractivity contribution in [2.24, 2.45) is 5.73 Å². The monoisotopic (exact) mass is 285 g/mol. The van der Waals surface area contributed by atoms with Crippen molar-refractivity contribution in [1.82, 2.24) is 0 Å². The van der Waals surface area contributed by atoms with Crippen LogP contribution in [0.5, 0.6) is 11.5 Å². The first-order chi connectivity index (χ1) is 7.65. The maximum atomic E-state index is 5.77. The Kier molecular flexibility index (Phi) is 3.40. The molecule has 0 amide bonds. The van der Waals surface area contributed by atoms with Crippen LogP contribution in [-0.4, -0.2) is 13.2 Å². The predicted octanol–water partition coefficient (Wildman–Crippen LogP) is 2.80. The van der Waals surface area contributed by atoms with Crippen LogP contribution in [0.3, 0.4) is 0 Å². The van der Waals surface area contributed by atoms with Gasteiger partial charge in [0.05, 0.1) is 4.47 Å². The zero-order chi connectivity index (χ0) is 11.7. The Morgan fingerprint density at radius 1 is 1.31 bits per heavy atom. The Labute approximate surface area is 104 Å². The van der Waals surface area contributed by atoms with E-state index in [0.29, 0.717) is 25.7 Å². The van der Waals surface area contributed by atoms with Crippen molar-refractivity contribution in [2.45, 2.75) is 26.3 Å². The van der Waals surface area contributed by atoms with Crippen molar-refractivity contribution in [3.63, 3.8) is 0 Å². The van der Waals surface area contributed by atoms with Gasteiger partial charge < -0.3 is 15.2 Å². The molecular weight excluding hydrogens is 270 g/mol. The number of rotatable bonds is 2. The molecular formula is C12H16BrNO2. The second kappa shape index (κ2) is 4.63. The summed E-state index contributed by atoms with van der Waals surface area (Å²) in [6.07, 6.45) is 0. The van der Waals surface area contributed by atoms with Gasteiger partial charge in [0.15, 0.2) is 11.5 Å². The molecule has 1 aliphatic rings. The van der Waals surface area contributed by atoms with Crippen LogP contribution in [0, 0.1) is 0 Å². The molecule has 0 aliphatic carbocycles. The van der Waals surface area contributed by atoms with E-state index in [1.165, 1.54) is 5.56 Å². The van der Waals surface area contributed by atoms with Crippen molar-refractivity contribution in [2.75, 3.05) is 13.2 Å². The molecule has 1 aromatic rings. The lowest BCUT2D eigenvalue weighted by molar-refractivity contribution is 0.168. The predicted molar refractivity (Wildman–Crippen MR) is 67.1 cm³/mol. The summed E-state index contributed by atoms with van der Waals surface area (Å²) in [4.78, 5) is 0. The molecule has 16 heavy (non-hydrogen) atoms. The molecule has 1 heterocycles. The van der Waals surface area contributed by atoms with Gasteiger partial charge in [-0.1, -0.05) is 13.8 Å². The van der Waals surface area contributed by atoms with E-state index < -0.39 is 0 Å². The van der Waals surface area contributed by atoms with E-state index in [4.69, 9.17) is 15.2 Å². The smallest absolute Gasteiger partial charge is 0.175 e. The molecule has 0 spiro atoms. The quantitative estimate of drug-likeness (QED) is 0.909. The van der Waals surface area contributed by atoms with E-state index in [1.807, 2.05) is 6.07 Å². The highest BCUT2D eigenvalue weighted by Gasteiger charge is 2.23. The molecule has 2 rings (SSSR count). The van der Waals surface area contributed by atoms with E-state index in [9.17, 15) is 0 Å². The van der Waals surface area contributed by atoms with Crippen molar-refractivity contribution < 1.29 is 9.47 Å². The van der Waals surface area contributed by atoms with Crippen LogP contribution >= 0.6 is 15.9 Å². The van der Waals surface area contributed by atoms with Crippen molar-refractivity contribution >= 4 is 15.9 Å². The molecule has 88 valence electrons. The first-order valence-corrected chi connectivity index (χ1v) is 6.25. The zero-order valence-electron chi connectivity index (χ0n) is 9.55. The molecule has 0 fully saturated rings. The van der Waals surface area contributed by atoms with Gasteiger partial charge in [-0.3, -0.25) is 0 Å². The second-order valence-electron chi connectivity index (χ2n) is 4.15. The molecule has 0 aromatic heterocycles. The van der Waals surface area contributed by atoms with Gasteiger partial charge in [-0.25, -0.2) is 0 Å². The normalized spacial score (nSPS) is 14.3. The number of nitrogens with two attached hydrogens (primary N) is 1. The molecule has 2 N–H and O–H groups in total.